The fourth-order valence-electron chi connectivity index (χ4n) is 2.37. The molecule has 0 saturated heterocycles. The summed E-state index contributed by atoms with van der Waals surface area (Å²) in [4.78, 5) is 0. The van der Waals surface area contributed by atoms with Gasteiger partial charge in [0, 0.05) is 15.5 Å². The van der Waals surface area contributed by atoms with Gasteiger partial charge in [-0.2, -0.15) is 0 Å². The minimum absolute atomic E-state index is 0.518. The lowest BCUT2D eigenvalue weighted by Gasteiger charge is -2.35. The van der Waals surface area contributed by atoms with Crippen molar-refractivity contribution in [2.45, 2.75) is 45.6 Å². The molecule has 94 valence electrons. The highest BCUT2D eigenvalue weighted by Crippen LogP contribution is 2.37. The van der Waals surface area contributed by atoms with Crippen LogP contribution in [0.5, 0.6) is 0 Å². The second-order valence-electron chi connectivity index (χ2n) is 5.71. The van der Waals surface area contributed by atoms with Crippen molar-refractivity contribution in [1.82, 2.24) is 0 Å². The Morgan fingerprint density at radius 3 is 2.59 bits per heavy atom. The van der Waals surface area contributed by atoms with E-state index in [4.69, 9.17) is 11.6 Å². The summed E-state index contributed by atoms with van der Waals surface area (Å²) in [6.45, 7) is 4.72. The molecule has 1 saturated carbocycles. The molecule has 1 nitrogen and oxygen atoms in total. The highest BCUT2D eigenvalue weighted by Gasteiger charge is 2.26. The molecular weight excluding hydrogens is 298 g/mol. The number of anilines is 1. The van der Waals surface area contributed by atoms with Crippen LogP contribution in [0.4, 0.5) is 5.69 Å². The van der Waals surface area contributed by atoms with Gasteiger partial charge in [-0.3, -0.25) is 0 Å². The summed E-state index contributed by atoms with van der Waals surface area (Å²) in [5.74, 6) is 0. The van der Waals surface area contributed by atoms with Gasteiger partial charge in [-0.05, 0) is 65.2 Å². The van der Waals surface area contributed by atoms with Gasteiger partial charge < -0.3 is 5.32 Å². The summed E-state index contributed by atoms with van der Waals surface area (Å²) in [5, 5.41) is 4.38. The lowest BCUT2D eigenvalue weighted by atomic mass is 9.75. The molecule has 0 aromatic heterocycles. The standard InChI is InChI=1S/C14H19BrClN/c1-14(2)7-5-11(6-8-14)17-13-9-10(16)3-4-12(13)15/h3-4,9,11,17H,5-8H2,1-2H3. The number of halogens is 2. The number of benzene rings is 1. The van der Waals surface area contributed by atoms with Crippen molar-refractivity contribution in [1.29, 1.82) is 0 Å². The second-order valence-corrected chi connectivity index (χ2v) is 7.00. The van der Waals surface area contributed by atoms with E-state index in [1.54, 1.807) is 0 Å². The van der Waals surface area contributed by atoms with E-state index in [0.717, 1.165) is 15.2 Å². The second kappa shape index (κ2) is 5.19. The van der Waals surface area contributed by atoms with Crippen LogP contribution >= 0.6 is 27.5 Å². The van der Waals surface area contributed by atoms with E-state index < -0.39 is 0 Å². The number of hydrogen-bond donors (Lipinski definition) is 1. The SMILES string of the molecule is CC1(C)CCC(Nc2cc(Cl)ccc2Br)CC1. The maximum atomic E-state index is 6.02. The van der Waals surface area contributed by atoms with Gasteiger partial charge in [0.25, 0.3) is 0 Å². The summed E-state index contributed by atoms with van der Waals surface area (Å²) >= 11 is 9.58. The quantitative estimate of drug-likeness (QED) is 0.761. The van der Waals surface area contributed by atoms with E-state index in [2.05, 4.69) is 35.1 Å². The topological polar surface area (TPSA) is 12.0 Å². The van der Waals surface area contributed by atoms with Gasteiger partial charge in [0.2, 0.25) is 0 Å². The molecule has 0 radical (unpaired) electrons. The molecule has 1 fully saturated rings. The van der Waals surface area contributed by atoms with Crippen LogP contribution in [0.15, 0.2) is 22.7 Å². The van der Waals surface area contributed by atoms with Gasteiger partial charge in [0.05, 0.1) is 5.69 Å². The Labute approximate surface area is 117 Å². The molecule has 1 aromatic rings. The predicted molar refractivity (Wildman–Crippen MR) is 78.8 cm³/mol. The first kappa shape index (κ1) is 13.2. The molecule has 0 bridgehead atoms. The monoisotopic (exact) mass is 315 g/mol. The fourth-order valence-corrected chi connectivity index (χ4v) is 2.90. The van der Waals surface area contributed by atoms with Crippen LogP contribution in [0.3, 0.4) is 0 Å². The van der Waals surface area contributed by atoms with Gasteiger partial charge >= 0.3 is 0 Å². The van der Waals surface area contributed by atoms with E-state index in [1.807, 2.05) is 18.2 Å². The van der Waals surface area contributed by atoms with Gasteiger partial charge in [0.1, 0.15) is 0 Å². The Hall–Kier alpha value is -0.210. The molecule has 1 aromatic carbocycles. The molecule has 1 aliphatic carbocycles. The van der Waals surface area contributed by atoms with Crippen molar-refractivity contribution in [2.75, 3.05) is 5.32 Å². The third kappa shape index (κ3) is 3.62. The van der Waals surface area contributed by atoms with Crippen LogP contribution in [0, 0.1) is 5.41 Å². The van der Waals surface area contributed by atoms with E-state index in [-0.39, 0.29) is 0 Å². The normalized spacial score (nSPS) is 20.2. The lowest BCUT2D eigenvalue weighted by molar-refractivity contribution is 0.232. The summed E-state index contributed by atoms with van der Waals surface area (Å²) < 4.78 is 1.09. The number of nitrogens with one attached hydrogen (secondary N) is 1. The van der Waals surface area contributed by atoms with E-state index in [1.165, 1.54) is 25.7 Å². The average molecular weight is 317 g/mol. The minimum Gasteiger partial charge on any atom is -0.381 e. The summed E-state index contributed by atoms with van der Waals surface area (Å²) in [5.41, 5.74) is 1.63. The molecule has 0 heterocycles. The van der Waals surface area contributed by atoms with Crippen LogP contribution in [0.1, 0.15) is 39.5 Å². The first-order valence-electron chi connectivity index (χ1n) is 6.18. The van der Waals surface area contributed by atoms with Gasteiger partial charge in [0.15, 0.2) is 0 Å². The van der Waals surface area contributed by atoms with Crippen molar-refractivity contribution in [3.05, 3.63) is 27.7 Å². The molecule has 17 heavy (non-hydrogen) atoms. The molecule has 1 aliphatic rings. The van der Waals surface area contributed by atoms with Crippen molar-refractivity contribution >= 4 is 33.2 Å². The Morgan fingerprint density at radius 1 is 1.29 bits per heavy atom. The molecular formula is C14H19BrClN. The molecule has 3 heteroatoms. The highest BCUT2D eigenvalue weighted by molar-refractivity contribution is 9.10. The zero-order valence-electron chi connectivity index (χ0n) is 10.4. The third-order valence-electron chi connectivity index (χ3n) is 3.63. The first-order valence-corrected chi connectivity index (χ1v) is 7.35. The van der Waals surface area contributed by atoms with E-state index in [9.17, 15) is 0 Å². The lowest BCUT2D eigenvalue weighted by Crippen LogP contribution is -2.29. The van der Waals surface area contributed by atoms with Crippen LogP contribution in [0.2, 0.25) is 5.02 Å². The van der Waals surface area contributed by atoms with Gasteiger partial charge in [-0.1, -0.05) is 25.4 Å². The first-order chi connectivity index (χ1) is 7.96. The zero-order chi connectivity index (χ0) is 12.5. The minimum atomic E-state index is 0.518. The van der Waals surface area contributed by atoms with Crippen LogP contribution in [-0.4, -0.2) is 6.04 Å². The van der Waals surface area contributed by atoms with Crippen LogP contribution in [0.25, 0.3) is 0 Å². The third-order valence-corrected chi connectivity index (χ3v) is 4.55. The van der Waals surface area contributed by atoms with Crippen molar-refractivity contribution in [3.8, 4) is 0 Å². The van der Waals surface area contributed by atoms with Crippen LogP contribution in [-0.2, 0) is 0 Å². The molecule has 0 unspecified atom stereocenters. The molecule has 0 spiro atoms. The van der Waals surface area contributed by atoms with Gasteiger partial charge in [-0.15, -0.1) is 0 Å². The Balaban J connectivity index is 2.00. The summed E-state index contributed by atoms with van der Waals surface area (Å²) in [6, 6.07) is 6.47. The molecule has 0 atom stereocenters. The van der Waals surface area contributed by atoms with E-state index in [0.29, 0.717) is 11.5 Å². The average Bonchev–Trinajstić information content (AvgIpc) is 2.26. The highest BCUT2D eigenvalue weighted by atomic mass is 79.9. The Kier molecular flexibility index (Phi) is 4.04. The van der Waals surface area contributed by atoms with Gasteiger partial charge in [-0.25, -0.2) is 0 Å². The smallest absolute Gasteiger partial charge is 0.0501 e. The van der Waals surface area contributed by atoms with Crippen molar-refractivity contribution in [3.63, 3.8) is 0 Å². The van der Waals surface area contributed by atoms with E-state index >= 15 is 0 Å². The fraction of sp³-hybridized carbons (Fsp3) is 0.571. The zero-order valence-corrected chi connectivity index (χ0v) is 12.7. The largest absolute Gasteiger partial charge is 0.381 e. The number of hydrogen-bond acceptors (Lipinski definition) is 1. The maximum absolute atomic E-state index is 6.02. The summed E-state index contributed by atoms with van der Waals surface area (Å²) in [6.07, 6.45) is 5.07. The Morgan fingerprint density at radius 2 is 1.94 bits per heavy atom. The predicted octanol–water partition coefficient (Wildman–Crippen LogP) is 5.48. The van der Waals surface area contributed by atoms with Crippen molar-refractivity contribution < 1.29 is 0 Å². The summed E-state index contributed by atoms with van der Waals surface area (Å²) in [7, 11) is 0. The van der Waals surface area contributed by atoms with Crippen molar-refractivity contribution in [2.24, 2.45) is 5.41 Å². The molecule has 1 N–H and O–H groups in total. The molecule has 0 aliphatic heterocycles. The van der Waals surface area contributed by atoms with Crippen LogP contribution < -0.4 is 5.32 Å². The molecule has 2 rings (SSSR count). The number of rotatable bonds is 2. The Bertz CT molecular complexity index is 393. The molecule has 0 amide bonds. The maximum Gasteiger partial charge on any atom is 0.0501 e.